The number of amides is 1. The quantitative estimate of drug-likeness (QED) is 0.413. The van der Waals surface area contributed by atoms with Crippen molar-refractivity contribution in [2.45, 2.75) is 26.9 Å². The van der Waals surface area contributed by atoms with Crippen LogP contribution in [-0.2, 0) is 13.0 Å². The topological polar surface area (TPSA) is 64.4 Å². The average molecular weight is 419 g/mol. The van der Waals surface area contributed by atoms with Crippen LogP contribution in [0.25, 0.3) is 0 Å². The molecule has 0 spiro atoms. The zero-order valence-electron chi connectivity index (χ0n) is 16.8. The lowest BCUT2D eigenvalue weighted by molar-refractivity contribution is 0.0992. The highest BCUT2D eigenvalue weighted by Gasteiger charge is 2.15. The molecule has 0 aliphatic heterocycles. The van der Waals surface area contributed by atoms with Gasteiger partial charge in [-0.25, -0.2) is 4.98 Å². The molecular weight excluding hydrogens is 396 g/mol. The number of nitrogens with one attached hydrogen (secondary N) is 1. The number of hydrogen-bond donors (Lipinski definition) is 1. The fraction of sp³-hybridized carbons (Fsp3) is 0.167. The van der Waals surface area contributed by atoms with Gasteiger partial charge in [-0.05, 0) is 43.7 Å². The van der Waals surface area contributed by atoms with Gasteiger partial charge in [-0.3, -0.25) is 10.1 Å². The van der Waals surface area contributed by atoms with Crippen LogP contribution in [0.15, 0.2) is 71.1 Å². The number of aromatic nitrogens is 1. The normalized spacial score (nSPS) is 10.7. The number of furan rings is 1. The van der Waals surface area contributed by atoms with E-state index in [9.17, 15) is 4.79 Å². The van der Waals surface area contributed by atoms with Gasteiger partial charge < -0.3 is 9.15 Å². The Morgan fingerprint density at radius 1 is 1.03 bits per heavy atom. The van der Waals surface area contributed by atoms with Crippen LogP contribution in [0.3, 0.4) is 0 Å². The summed E-state index contributed by atoms with van der Waals surface area (Å²) >= 11 is 1.48. The van der Waals surface area contributed by atoms with E-state index in [1.165, 1.54) is 22.5 Å². The van der Waals surface area contributed by atoms with E-state index in [0.29, 0.717) is 10.9 Å². The number of thiazole rings is 1. The van der Waals surface area contributed by atoms with Crippen LogP contribution >= 0.6 is 11.3 Å². The van der Waals surface area contributed by atoms with E-state index in [1.54, 1.807) is 12.1 Å². The smallest absolute Gasteiger partial charge is 0.293 e. The number of rotatable bonds is 7. The molecule has 0 aliphatic carbocycles. The molecular formula is C24H22N2O3S. The molecule has 6 heteroatoms. The first kappa shape index (κ1) is 19.9. The molecule has 0 fully saturated rings. The first-order valence-electron chi connectivity index (χ1n) is 9.66. The Kier molecular flexibility index (Phi) is 5.95. The predicted octanol–water partition coefficient (Wildman–Crippen LogP) is 5.78. The van der Waals surface area contributed by atoms with E-state index in [2.05, 4.69) is 22.4 Å². The minimum Gasteiger partial charge on any atom is -0.486 e. The largest absolute Gasteiger partial charge is 0.486 e. The van der Waals surface area contributed by atoms with E-state index in [-0.39, 0.29) is 18.3 Å². The summed E-state index contributed by atoms with van der Waals surface area (Å²) in [4.78, 5) is 18.1. The van der Waals surface area contributed by atoms with E-state index in [1.807, 2.05) is 56.3 Å². The van der Waals surface area contributed by atoms with E-state index >= 15 is 0 Å². The molecule has 152 valence electrons. The van der Waals surface area contributed by atoms with Gasteiger partial charge in [-0.1, -0.05) is 48.0 Å². The Balaban J connectivity index is 1.36. The van der Waals surface area contributed by atoms with Crippen molar-refractivity contribution in [2.75, 3.05) is 5.32 Å². The monoisotopic (exact) mass is 418 g/mol. The molecule has 4 aromatic rings. The lowest BCUT2D eigenvalue weighted by Gasteiger charge is -2.04. The summed E-state index contributed by atoms with van der Waals surface area (Å²) in [5.41, 5.74) is 3.31. The van der Waals surface area contributed by atoms with E-state index in [4.69, 9.17) is 9.15 Å². The van der Waals surface area contributed by atoms with Gasteiger partial charge in [0.05, 0.1) is 5.69 Å². The first-order chi connectivity index (χ1) is 14.6. The molecule has 0 saturated heterocycles. The van der Waals surface area contributed by atoms with Crippen molar-refractivity contribution >= 4 is 22.4 Å². The lowest BCUT2D eigenvalue weighted by atomic mass is 10.1. The SMILES string of the molecule is Cc1ccc(OCc2ccc(C(=O)Nc3nc(C)c(Cc4ccccc4)s3)o2)cc1. The maximum atomic E-state index is 12.5. The van der Waals surface area contributed by atoms with Crippen molar-refractivity contribution in [2.24, 2.45) is 0 Å². The maximum Gasteiger partial charge on any atom is 0.293 e. The number of ether oxygens (including phenoxy) is 1. The summed E-state index contributed by atoms with van der Waals surface area (Å²) < 4.78 is 11.3. The molecule has 0 aliphatic rings. The lowest BCUT2D eigenvalue weighted by Crippen LogP contribution is -2.10. The Labute approximate surface area is 179 Å². The Morgan fingerprint density at radius 3 is 2.57 bits per heavy atom. The predicted molar refractivity (Wildman–Crippen MR) is 118 cm³/mol. The first-order valence-corrected chi connectivity index (χ1v) is 10.5. The Hall–Kier alpha value is -3.38. The van der Waals surface area contributed by atoms with Crippen molar-refractivity contribution in [1.29, 1.82) is 0 Å². The number of benzene rings is 2. The Morgan fingerprint density at radius 2 is 1.80 bits per heavy atom. The molecule has 0 bridgehead atoms. The summed E-state index contributed by atoms with van der Waals surface area (Å²) in [5.74, 6) is 1.25. The number of carbonyl (C=O) groups excluding carboxylic acids is 1. The molecule has 0 unspecified atom stereocenters. The molecule has 1 N–H and O–H groups in total. The van der Waals surface area contributed by atoms with Gasteiger partial charge in [0.15, 0.2) is 10.9 Å². The summed E-state index contributed by atoms with van der Waals surface area (Å²) in [6, 6.07) is 21.4. The summed E-state index contributed by atoms with van der Waals surface area (Å²) in [7, 11) is 0. The fourth-order valence-corrected chi connectivity index (χ4v) is 3.94. The van der Waals surface area contributed by atoms with Crippen molar-refractivity contribution in [1.82, 2.24) is 4.98 Å². The van der Waals surface area contributed by atoms with Gasteiger partial charge in [0, 0.05) is 11.3 Å². The third kappa shape index (κ3) is 4.96. The molecule has 30 heavy (non-hydrogen) atoms. The maximum absolute atomic E-state index is 12.5. The number of anilines is 1. The van der Waals surface area contributed by atoms with Crippen LogP contribution in [0, 0.1) is 13.8 Å². The van der Waals surface area contributed by atoms with Gasteiger partial charge in [-0.2, -0.15) is 0 Å². The average Bonchev–Trinajstić information content (AvgIpc) is 3.35. The molecule has 1 amide bonds. The van der Waals surface area contributed by atoms with Crippen LogP contribution in [0.2, 0.25) is 0 Å². The van der Waals surface area contributed by atoms with Crippen LogP contribution in [0.4, 0.5) is 5.13 Å². The second-order valence-corrected chi connectivity index (χ2v) is 8.10. The number of nitrogens with zero attached hydrogens (tertiary/aromatic N) is 1. The number of aryl methyl sites for hydroxylation is 2. The molecule has 0 atom stereocenters. The third-order valence-electron chi connectivity index (χ3n) is 4.61. The molecule has 5 nitrogen and oxygen atoms in total. The second kappa shape index (κ2) is 8.97. The van der Waals surface area contributed by atoms with Crippen molar-refractivity contribution in [3.63, 3.8) is 0 Å². The molecule has 0 radical (unpaired) electrons. The van der Waals surface area contributed by atoms with Crippen LogP contribution in [0.1, 0.15) is 38.0 Å². The van der Waals surface area contributed by atoms with Gasteiger partial charge in [0.2, 0.25) is 0 Å². The summed E-state index contributed by atoms with van der Waals surface area (Å²) in [5, 5.41) is 3.40. The van der Waals surface area contributed by atoms with E-state index < -0.39 is 0 Å². The Bertz CT molecular complexity index is 1130. The van der Waals surface area contributed by atoms with Gasteiger partial charge in [0.1, 0.15) is 18.1 Å². The van der Waals surface area contributed by atoms with E-state index in [0.717, 1.165) is 22.7 Å². The number of hydrogen-bond acceptors (Lipinski definition) is 5. The van der Waals surface area contributed by atoms with Crippen molar-refractivity contribution < 1.29 is 13.9 Å². The molecule has 2 aromatic heterocycles. The summed E-state index contributed by atoms with van der Waals surface area (Å²) in [6.07, 6.45) is 0.793. The van der Waals surface area contributed by atoms with Gasteiger partial charge in [-0.15, -0.1) is 11.3 Å². The van der Waals surface area contributed by atoms with Crippen molar-refractivity contribution in [3.8, 4) is 5.75 Å². The standard InChI is InChI=1S/C24H22N2O3S/c1-16-8-10-19(11-9-16)28-15-20-12-13-21(29-20)23(27)26-24-25-17(2)22(30-24)14-18-6-4-3-5-7-18/h3-13H,14-15H2,1-2H3,(H,25,26,27). The molecule has 0 saturated carbocycles. The zero-order chi connectivity index (χ0) is 20.9. The third-order valence-corrected chi connectivity index (χ3v) is 5.68. The van der Waals surface area contributed by atoms with Crippen LogP contribution in [0.5, 0.6) is 5.75 Å². The van der Waals surface area contributed by atoms with Gasteiger partial charge in [0.25, 0.3) is 5.91 Å². The molecule has 2 aromatic carbocycles. The van der Waals surface area contributed by atoms with Gasteiger partial charge >= 0.3 is 0 Å². The highest BCUT2D eigenvalue weighted by atomic mass is 32.1. The summed E-state index contributed by atoms with van der Waals surface area (Å²) in [6.45, 7) is 4.24. The minimum atomic E-state index is -0.323. The van der Waals surface area contributed by atoms with Crippen LogP contribution < -0.4 is 10.1 Å². The van der Waals surface area contributed by atoms with Crippen LogP contribution in [-0.4, -0.2) is 10.9 Å². The highest BCUT2D eigenvalue weighted by Crippen LogP contribution is 2.26. The minimum absolute atomic E-state index is 0.231. The van der Waals surface area contributed by atoms with Crippen molar-refractivity contribution in [3.05, 3.63) is 99.9 Å². The molecule has 4 rings (SSSR count). The highest BCUT2D eigenvalue weighted by molar-refractivity contribution is 7.15. The fourth-order valence-electron chi connectivity index (χ4n) is 2.95. The zero-order valence-corrected chi connectivity index (χ0v) is 17.7. The molecule has 2 heterocycles. The second-order valence-electron chi connectivity index (χ2n) is 7.01. The number of carbonyl (C=O) groups is 1.